The molecule has 1 N–H and O–H groups in total. The van der Waals surface area contributed by atoms with E-state index in [-0.39, 0.29) is 30.6 Å². The van der Waals surface area contributed by atoms with Crippen LogP contribution < -0.4 is 24.3 Å². The summed E-state index contributed by atoms with van der Waals surface area (Å²) in [5.41, 5.74) is 1.36. The van der Waals surface area contributed by atoms with Crippen molar-refractivity contribution in [2.24, 2.45) is 0 Å². The smallest absolute Gasteiger partial charge is 0.220 e. The summed E-state index contributed by atoms with van der Waals surface area (Å²) >= 11 is 0. The van der Waals surface area contributed by atoms with E-state index >= 15 is 0 Å². The molecule has 1 amide bonds. The summed E-state index contributed by atoms with van der Waals surface area (Å²) in [7, 11) is 4.61. The fraction of sp³-hybridized carbons (Fsp3) is 0.391. The highest BCUT2D eigenvalue weighted by molar-refractivity contribution is 5.98. The second kappa shape index (κ2) is 11.1. The van der Waals surface area contributed by atoms with Gasteiger partial charge in [0.25, 0.3) is 0 Å². The molecular weight excluding hydrogens is 386 g/mol. The van der Waals surface area contributed by atoms with Crippen molar-refractivity contribution in [3.05, 3.63) is 47.5 Å². The van der Waals surface area contributed by atoms with Crippen LogP contribution in [0.4, 0.5) is 0 Å². The van der Waals surface area contributed by atoms with Crippen LogP contribution in [-0.2, 0) is 4.79 Å². The van der Waals surface area contributed by atoms with Gasteiger partial charge in [-0.25, -0.2) is 0 Å². The number of benzene rings is 2. The first-order chi connectivity index (χ1) is 14.4. The second-order valence-corrected chi connectivity index (χ2v) is 6.63. The Morgan fingerprint density at radius 1 is 0.933 bits per heavy atom. The first kappa shape index (κ1) is 23.1. The van der Waals surface area contributed by atoms with Crippen LogP contribution in [0, 0.1) is 0 Å². The van der Waals surface area contributed by atoms with Gasteiger partial charge in [0.05, 0.1) is 34.0 Å². The lowest BCUT2D eigenvalue weighted by atomic mass is 10.0. The summed E-state index contributed by atoms with van der Waals surface area (Å²) < 4.78 is 21.4. The molecule has 2 aromatic rings. The zero-order valence-electron chi connectivity index (χ0n) is 18.1. The highest BCUT2D eigenvalue weighted by Crippen LogP contribution is 2.39. The second-order valence-electron chi connectivity index (χ2n) is 6.63. The summed E-state index contributed by atoms with van der Waals surface area (Å²) in [6, 6.07) is 10.2. The third-order valence-electron chi connectivity index (χ3n) is 4.63. The minimum absolute atomic E-state index is 0.0892. The Labute approximate surface area is 177 Å². The largest absolute Gasteiger partial charge is 0.494 e. The average molecular weight is 415 g/mol. The molecule has 1 atom stereocenters. The molecule has 2 aromatic carbocycles. The minimum atomic E-state index is -0.299. The fourth-order valence-corrected chi connectivity index (χ4v) is 3.02. The van der Waals surface area contributed by atoms with Gasteiger partial charge in [-0.05, 0) is 55.8 Å². The number of amides is 1. The lowest BCUT2D eigenvalue weighted by Crippen LogP contribution is -2.27. The Kier molecular flexibility index (Phi) is 8.53. The molecule has 0 aliphatic heterocycles. The molecule has 7 nitrogen and oxygen atoms in total. The third-order valence-corrected chi connectivity index (χ3v) is 4.63. The quantitative estimate of drug-likeness (QED) is 0.560. The maximum atomic E-state index is 12.4. The lowest BCUT2D eigenvalue weighted by Gasteiger charge is -2.18. The number of hydrogen-bond acceptors (Lipinski definition) is 6. The lowest BCUT2D eigenvalue weighted by molar-refractivity contribution is -0.121. The van der Waals surface area contributed by atoms with Crippen LogP contribution in [0.1, 0.15) is 48.7 Å². The predicted molar refractivity (Wildman–Crippen MR) is 114 cm³/mol. The number of rotatable bonds is 11. The Balaban J connectivity index is 1.96. The molecule has 0 aromatic heterocycles. The molecule has 0 saturated carbocycles. The van der Waals surface area contributed by atoms with E-state index in [2.05, 4.69) is 5.32 Å². The molecule has 0 fully saturated rings. The normalized spacial score (nSPS) is 11.4. The predicted octanol–water partition coefficient (Wildman–Crippen LogP) is 3.95. The molecule has 0 aliphatic rings. The standard InChI is InChI=1S/C23H29NO6/c1-6-30-18-9-7-16(8-10-18)19(25)11-12-22(26)24-15(2)17-13-20(27-3)23(29-5)21(14-17)28-4/h7-10,13-15H,6,11-12H2,1-5H3,(H,24,26). The Morgan fingerprint density at radius 3 is 2.03 bits per heavy atom. The maximum Gasteiger partial charge on any atom is 0.220 e. The van der Waals surface area contributed by atoms with Gasteiger partial charge in [0, 0.05) is 18.4 Å². The molecule has 0 saturated heterocycles. The molecule has 162 valence electrons. The van der Waals surface area contributed by atoms with Crippen LogP contribution >= 0.6 is 0 Å². The van der Waals surface area contributed by atoms with Crippen molar-refractivity contribution in [2.45, 2.75) is 32.7 Å². The molecule has 30 heavy (non-hydrogen) atoms. The molecule has 7 heteroatoms. The molecule has 0 radical (unpaired) electrons. The highest BCUT2D eigenvalue weighted by Gasteiger charge is 2.18. The molecule has 0 aliphatic carbocycles. The first-order valence-corrected chi connectivity index (χ1v) is 9.78. The van der Waals surface area contributed by atoms with E-state index in [0.717, 1.165) is 5.56 Å². The average Bonchev–Trinajstić information content (AvgIpc) is 2.76. The summed E-state index contributed by atoms with van der Waals surface area (Å²) in [5, 5.41) is 2.91. The van der Waals surface area contributed by atoms with Gasteiger partial charge in [-0.3, -0.25) is 9.59 Å². The topological polar surface area (TPSA) is 83.1 Å². The van der Waals surface area contributed by atoms with Gasteiger partial charge in [0.2, 0.25) is 11.7 Å². The first-order valence-electron chi connectivity index (χ1n) is 9.78. The van der Waals surface area contributed by atoms with E-state index in [0.29, 0.717) is 35.2 Å². The van der Waals surface area contributed by atoms with Crippen molar-refractivity contribution in [3.63, 3.8) is 0 Å². The van der Waals surface area contributed by atoms with Crippen molar-refractivity contribution < 1.29 is 28.5 Å². The van der Waals surface area contributed by atoms with Crippen molar-refractivity contribution in [1.29, 1.82) is 0 Å². The van der Waals surface area contributed by atoms with Crippen LogP contribution in [0.5, 0.6) is 23.0 Å². The molecule has 0 bridgehead atoms. The SMILES string of the molecule is CCOc1ccc(C(=O)CCC(=O)NC(C)c2cc(OC)c(OC)c(OC)c2)cc1. The van der Waals surface area contributed by atoms with E-state index in [1.165, 1.54) is 21.3 Å². The van der Waals surface area contributed by atoms with Gasteiger partial charge in [-0.2, -0.15) is 0 Å². The van der Waals surface area contributed by atoms with Gasteiger partial charge in [0.15, 0.2) is 17.3 Å². The molecule has 0 heterocycles. The molecule has 0 spiro atoms. The summed E-state index contributed by atoms with van der Waals surface area (Å²) in [4.78, 5) is 24.7. The van der Waals surface area contributed by atoms with Crippen molar-refractivity contribution in [3.8, 4) is 23.0 Å². The van der Waals surface area contributed by atoms with Gasteiger partial charge >= 0.3 is 0 Å². The minimum Gasteiger partial charge on any atom is -0.494 e. The van der Waals surface area contributed by atoms with Gasteiger partial charge in [-0.15, -0.1) is 0 Å². The highest BCUT2D eigenvalue weighted by atomic mass is 16.5. The van der Waals surface area contributed by atoms with Gasteiger partial charge in [-0.1, -0.05) is 0 Å². The van der Waals surface area contributed by atoms with Crippen molar-refractivity contribution in [2.75, 3.05) is 27.9 Å². The Bertz CT molecular complexity index is 837. The summed E-state index contributed by atoms with van der Waals surface area (Å²) in [6.07, 6.45) is 0.225. The Hall–Kier alpha value is -3.22. The third kappa shape index (κ3) is 5.89. The number of methoxy groups -OCH3 is 3. The number of carbonyl (C=O) groups excluding carboxylic acids is 2. The number of Topliss-reactive ketones (excluding diaryl/α,β-unsaturated/α-hetero) is 1. The molecule has 1 unspecified atom stereocenters. The number of nitrogens with one attached hydrogen (secondary N) is 1. The molecular formula is C23H29NO6. The van der Waals surface area contributed by atoms with Crippen LogP contribution in [-0.4, -0.2) is 39.6 Å². The van der Waals surface area contributed by atoms with E-state index in [9.17, 15) is 9.59 Å². The monoisotopic (exact) mass is 415 g/mol. The maximum absolute atomic E-state index is 12.4. The van der Waals surface area contributed by atoms with E-state index in [4.69, 9.17) is 18.9 Å². The van der Waals surface area contributed by atoms with E-state index in [1.807, 2.05) is 13.8 Å². The van der Waals surface area contributed by atoms with Crippen LogP contribution in [0.25, 0.3) is 0 Å². The summed E-state index contributed by atoms with van der Waals surface area (Å²) in [5.74, 6) is 1.93. The fourth-order valence-electron chi connectivity index (χ4n) is 3.02. The van der Waals surface area contributed by atoms with Crippen LogP contribution in [0.3, 0.4) is 0 Å². The Morgan fingerprint density at radius 2 is 1.53 bits per heavy atom. The van der Waals surface area contributed by atoms with E-state index < -0.39 is 0 Å². The number of ketones is 1. The van der Waals surface area contributed by atoms with Crippen molar-refractivity contribution in [1.82, 2.24) is 5.32 Å². The zero-order valence-corrected chi connectivity index (χ0v) is 18.1. The zero-order chi connectivity index (χ0) is 22.1. The number of hydrogen-bond donors (Lipinski definition) is 1. The van der Waals surface area contributed by atoms with Crippen LogP contribution in [0.2, 0.25) is 0 Å². The number of ether oxygens (including phenoxy) is 4. The molecule has 2 rings (SSSR count). The van der Waals surface area contributed by atoms with Crippen LogP contribution in [0.15, 0.2) is 36.4 Å². The van der Waals surface area contributed by atoms with Gasteiger partial charge in [0.1, 0.15) is 5.75 Å². The van der Waals surface area contributed by atoms with Gasteiger partial charge < -0.3 is 24.3 Å². The van der Waals surface area contributed by atoms with Crippen molar-refractivity contribution >= 4 is 11.7 Å². The summed E-state index contributed by atoms with van der Waals surface area (Å²) in [6.45, 7) is 4.32. The van der Waals surface area contributed by atoms with E-state index in [1.54, 1.807) is 36.4 Å². The number of carbonyl (C=O) groups is 2.